The van der Waals surface area contributed by atoms with E-state index < -0.39 is 0 Å². The molecular weight excluding hydrogens is 364 g/mol. The van der Waals surface area contributed by atoms with Gasteiger partial charge in [0.15, 0.2) is 0 Å². The summed E-state index contributed by atoms with van der Waals surface area (Å²) in [6.45, 7) is 2.76. The average molecular weight is 383 g/mol. The number of carbonyl (C=O) groups is 1. The van der Waals surface area contributed by atoms with Crippen molar-refractivity contribution in [1.82, 2.24) is 25.5 Å². The van der Waals surface area contributed by atoms with Gasteiger partial charge in [0.2, 0.25) is 11.9 Å². The molecular formula is C19H19ClN6O. The molecule has 0 radical (unpaired) electrons. The fourth-order valence-electron chi connectivity index (χ4n) is 2.51. The molecule has 0 unspecified atom stereocenters. The van der Waals surface area contributed by atoms with Gasteiger partial charge in [0, 0.05) is 24.2 Å². The van der Waals surface area contributed by atoms with Crippen LogP contribution in [-0.4, -0.2) is 39.2 Å². The van der Waals surface area contributed by atoms with E-state index in [0.717, 1.165) is 16.8 Å². The molecule has 0 aliphatic rings. The number of hydrogen-bond donors (Lipinski definition) is 2. The molecule has 3 rings (SSSR count). The zero-order valence-electron chi connectivity index (χ0n) is 14.8. The fourth-order valence-corrected chi connectivity index (χ4v) is 2.79. The Kier molecular flexibility index (Phi) is 6.17. The number of halogens is 1. The summed E-state index contributed by atoms with van der Waals surface area (Å²) < 4.78 is 1.60. The highest BCUT2D eigenvalue weighted by atomic mass is 35.5. The van der Waals surface area contributed by atoms with Crippen molar-refractivity contribution in [2.75, 3.05) is 18.4 Å². The number of aromatic nitrogens is 4. The molecule has 0 aliphatic carbocycles. The van der Waals surface area contributed by atoms with Gasteiger partial charge in [-0.1, -0.05) is 53.1 Å². The van der Waals surface area contributed by atoms with Crippen molar-refractivity contribution in [3.63, 3.8) is 0 Å². The number of carbonyl (C=O) groups excluding carboxylic acids is 1. The summed E-state index contributed by atoms with van der Waals surface area (Å²) in [5.74, 6) is 0.329. The molecule has 2 aromatic carbocycles. The molecule has 0 spiro atoms. The molecule has 3 aromatic rings. The summed E-state index contributed by atoms with van der Waals surface area (Å²) in [4.78, 5) is 12.1. The maximum atomic E-state index is 12.1. The standard InChI is InChI=1S/C19H19ClN6O/c1-14(16-9-5-6-10-17(16)20)13-18(27)21-11-12-22-19-23-24-25-26(19)15-7-3-2-4-8-15/h2-10,13H,11-12H2,1H3,(H,21,27)(H,22,23,25)/b14-13-. The Bertz CT molecular complexity index is 938. The molecule has 1 heterocycles. The van der Waals surface area contributed by atoms with E-state index in [2.05, 4.69) is 26.2 Å². The monoisotopic (exact) mass is 382 g/mol. The maximum absolute atomic E-state index is 12.1. The summed E-state index contributed by atoms with van der Waals surface area (Å²) in [6.07, 6.45) is 1.54. The largest absolute Gasteiger partial charge is 0.351 e. The predicted molar refractivity (Wildman–Crippen MR) is 106 cm³/mol. The van der Waals surface area contributed by atoms with Crippen molar-refractivity contribution in [2.45, 2.75) is 6.92 Å². The molecule has 138 valence electrons. The third-order valence-electron chi connectivity index (χ3n) is 3.82. The van der Waals surface area contributed by atoms with Gasteiger partial charge in [0.05, 0.1) is 5.69 Å². The molecule has 0 fully saturated rings. The number of hydrogen-bond acceptors (Lipinski definition) is 5. The minimum atomic E-state index is -0.183. The Morgan fingerprint density at radius 2 is 1.85 bits per heavy atom. The molecule has 1 amide bonds. The van der Waals surface area contributed by atoms with Crippen LogP contribution in [0.15, 0.2) is 60.7 Å². The van der Waals surface area contributed by atoms with Gasteiger partial charge in [-0.15, -0.1) is 0 Å². The van der Waals surface area contributed by atoms with E-state index in [-0.39, 0.29) is 5.91 Å². The molecule has 8 heteroatoms. The molecule has 0 bridgehead atoms. The number of tetrazole rings is 1. The van der Waals surface area contributed by atoms with Crippen molar-refractivity contribution in [1.29, 1.82) is 0 Å². The van der Waals surface area contributed by atoms with Crippen LogP contribution < -0.4 is 10.6 Å². The Labute approximate surface area is 162 Å². The topological polar surface area (TPSA) is 84.7 Å². The number of anilines is 1. The maximum Gasteiger partial charge on any atom is 0.247 e. The first-order chi connectivity index (χ1) is 13.1. The molecule has 2 N–H and O–H groups in total. The minimum absolute atomic E-state index is 0.183. The van der Waals surface area contributed by atoms with Gasteiger partial charge in [0.25, 0.3) is 0 Å². The van der Waals surface area contributed by atoms with Crippen molar-refractivity contribution < 1.29 is 4.79 Å². The Morgan fingerprint density at radius 1 is 1.11 bits per heavy atom. The summed E-state index contributed by atoms with van der Waals surface area (Å²) in [6, 6.07) is 17.0. The summed E-state index contributed by atoms with van der Waals surface area (Å²) >= 11 is 6.15. The summed E-state index contributed by atoms with van der Waals surface area (Å²) in [5, 5.41) is 18.2. The van der Waals surface area contributed by atoms with Crippen molar-refractivity contribution in [3.8, 4) is 5.69 Å². The quantitative estimate of drug-likeness (QED) is 0.484. The van der Waals surface area contributed by atoms with Crippen molar-refractivity contribution in [2.24, 2.45) is 0 Å². The number of nitrogens with one attached hydrogen (secondary N) is 2. The molecule has 0 saturated heterocycles. The lowest BCUT2D eigenvalue weighted by Gasteiger charge is -2.08. The van der Waals surface area contributed by atoms with Crippen LogP contribution in [0.5, 0.6) is 0 Å². The highest BCUT2D eigenvalue weighted by Crippen LogP contribution is 2.22. The molecule has 7 nitrogen and oxygen atoms in total. The average Bonchev–Trinajstić information content (AvgIpc) is 3.15. The molecule has 0 saturated carbocycles. The Balaban J connectivity index is 1.51. The summed E-state index contributed by atoms with van der Waals surface area (Å²) in [5.41, 5.74) is 2.50. The van der Waals surface area contributed by atoms with Crippen molar-refractivity contribution in [3.05, 3.63) is 71.3 Å². The number of nitrogens with zero attached hydrogens (tertiary/aromatic N) is 4. The third kappa shape index (κ3) is 4.92. The van der Waals surface area contributed by atoms with Crippen LogP contribution in [0.4, 0.5) is 5.95 Å². The van der Waals surface area contributed by atoms with Crippen LogP contribution in [0.25, 0.3) is 11.3 Å². The first-order valence-electron chi connectivity index (χ1n) is 8.44. The number of benzene rings is 2. The second-order valence-electron chi connectivity index (χ2n) is 5.77. The zero-order valence-corrected chi connectivity index (χ0v) is 15.5. The highest BCUT2D eigenvalue weighted by molar-refractivity contribution is 6.32. The van der Waals surface area contributed by atoms with E-state index in [1.54, 1.807) is 10.7 Å². The van der Waals surface area contributed by atoms with Crippen LogP contribution >= 0.6 is 11.6 Å². The second-order valence-corrected chi connectivity index (χ2v) is 6.18. The Morgan fingerprint density at radius 3 is 2.63 bits per heavy atom. The van der Waals surface area contributed by atoms with E-state index in [1.165, 1.54) is 6.08 Å². The van der Waals surface area contributed by atoms with Gasteiger partial charge in [-0.05, 0) is 46.7 Å². The highest BCUT2D eigenvalue weighted by Gasteiger charge is 2.07. The van der Waals surface area contributed by atoms with Crippen LogP contribution in [0.2, 0.25) is 5.02 Å². The second kappa shape index (κ2) is 8.95. The van der Waals surface area contributed by atoms with E-state index in [4.69, 9.17) is 11.6 Å². The number of para-hydroxylation sites is 1. The number of rotatable bonds is 7. The smallest absolute Gasteiger partial charge is 0.247 e. The van der Waals surface area contributed by atoms with Gasteiger partial charge in [-0.3, -0.25) is 4.79 Å². The van der Waals surface area contributed by atoms with E-state index in [0.29, 0.717) is 24.1 Å². The minimum Gasteiger partial charge on any atom is -0.351 e. The first-order valence-corrected chi connectivity index (χ1v) is 8.81. The lowest BCUT2D eigenvalue weighted by atomic mass is 10.1. The van der Waals surface area contributed by atoms with Crippen LogP contribution in [-0.2, 0) is 4.79 Å². The summed E-state index contributed by atoms with van der Waals surface area (Å²) in [7, 11) is 0. The van der Waals surface area contributed by atoms with Crippen LogP contribution in [0, 0.1) is 0 Å². The molecule has 0 atom stereocenters. The fraction of sp³-hybridized carbons (Fsp3) is 0.158. The van der Waals surface area contributed by atoms with E-state index >= 15 is 0 Å². The van der Waals surface area contributed by atoms with Crippen LogP contribution in [0.3, 0.4) is 0 Å². The lowest BCUT2D eigenvalue weighted by Crippen LogP contribution is -2.28. The lowest BCUT2D eigenvalue weighted by molar-refractivity contribution is -0.116. The third-order valence-corrected chi connectivity index (χ3v) is 4.15. The van der Waals surface area contributed by atoms with E-state index in [9.17, 15) is 4.79 Å². The van der Waals surface area contributed by atoms with Gasteiger partial charge in [0.1, 0.15) is 0 Å². The normalized spacial score (nSPS) is 11.3. The molecule has 1 aromatic heterocycles. The molecule has 0 aliphatic heterocycles. The van der Waals surface area contributed by atoms with Crippen molar-refractivity contribution >= 4 is 29.0 Å². The first kappa shape index (κ1) is 18.6. The van der Waals surface area contributed by atoms with Gasteiger partial charge < -0.3 is 10.6 Å². The van der Waals surface area contributed by atoms with Crippen LogP contribution in [0.1, 0.15) is 12.5 Å². The molecule has 27 heavy (non-hydrogen) atoms. The SMILES string of the molecule is C/C(=C/C(=O)NCCNc1nnnn1-c1ccccc1)c1ccccc1Cl. The van der Waals surface area contributed by atoms with Gasteiger partial charge >= 0.3 is 0 Å². The van der Waals surface area contributed by atoms with Gasteiger partial charge in [-0.2, -0.15) is 4.68 Å². The van der Waals surface area contributed by atoms with Gasteiger partial charge in [-0.25, -0.2) is 0 Å². The zero-order chi connectivity index (χ0) is 19.1. The number of allylic oxidation sites excluding steroid dienone is 1. The Hall–Kier alpha value is -3.19. The number of amides is 1. The van der Waals surface area contributed by atoms with E-state index in [1.807, 2.05) is 55.5 Å². The predicted octanol–water partition coefficient (Wildman–Crippen LogP) is 2.95.